The summed E-state index contributed by atoms with van der Waals surface area (Å²) in [6, 6.07) is 83.5. The van der Waals surface area contributed by atoms with E-state index in [0.717, 1.165) is 78.6 Å². The van der Waals surface area contributed by atoms with Crippen molar-refractivity contribution in [1.29, 1.82) is 10.5 Å². The molecule has 0 spiro atoms. The number of benzene rings is 9. The summed E-state index contributed by atoms with van der Waals surface area (Å²) < 4.78 is 0. The summed E-state index contributed by atoms with van der Waals surface area (Å²) in [5.74, 6) is 0. The summed E-state index contributed by atoms with van der Waals surface area (Å²) >= 11 is 0. The van der Waals surface area contributed by atoms with Crippen LogP contribution in [0, 0.1) is 22.7 Å². The Kier molecular flexibility index (Phi) is 10.5. The van der Waals surface area contributed by atoms with Gasteiger partial charge in [0.05, 0.1) is 11.1 Å². The minimum absolute atomic E-state index is 0.344. The smallest absolute Gasteiger partial charge is 0.101 e. The maximum absolute atomic E-state index is 11.1. The maximum atomic E-state index is 11.1. The normalized spacial score (nSPS) is 10.6. The summed E-state index contributed by atoms with van der Waals surface area (Å²) in [7, 11) is 0. The fourth-order valence-corrected chi connectivity index (χ4v) is 8.09. The second-order valence-corrected chi connectivity index (χ2v) is 14.3. The molecular weight excluding hydrogens is 729 g/mol. The van der Waals surface area contributed by atoms with Crippen LogP contribution >= 0.6 is 0 Å². The SMILES string of the molecule is N#Cc1c(C#N)c(-c2ccccc2)c(-c2ccc(N(c3ccccc3)c3ccccc3)cc2)c(-c2ccc(N(c3ccccc3)c3ccccc3)cc2)c1-c1ccccc1. The Labute approximate surface area is 351 Å². The summed E-state index contributed by atoms with van der Waals surface area (Å²) in [6.45, 7) is 0. The van der Waals surface area contributed by atoms with Gasteiger partial charge in [-0.05, 0) is 106 Å². The maximum Gasteiger partial charge on any atom is 0.101 e. The molecule has 0 aliphatic rings. The third kappa shape index (κ3) is 7.18. The molecule has 0 radical (unpaired) electrons. The number of nitriles is 2. The van der Waals surface area contributed by atoms with Gasteiger partial charge in [0.2, 0.25) is 0 Å². The molecule has 0 bridgehead atoms. The van der Waals surface area contributed by atoms with Crippen molar-refractivity contribution < 1.29 is 0 Å². The molecule has 0 unspecified atom stereocenters. The zero-order valence-electron chi connectivity index (χ0n) is 32.7. The monoisotopic (exact) mass is 766 g/mol. The van der Waals surface area contributed by atoms with Crippen LogP contribution in [0.5, 0.6) is 0 Å². The second kappa shape index (κ2) is 17.0. The standard InChI is InChI=1S/C56H38N4/c57-39-51-52(40-58)54(42-21-9-2-10-22-42)56(44-33-37-50(38-34-44)60(47-27-15-5-16-28-47)48-29-17-6-18-30-48)55(53(51)41-19-7-1-8-20-41)43-31-35-49(36-32-43)59(45-23-11-3-12-24-45)46-25-13-4-14-26-46/h1-38H. The first-order chi connectivity index (χ1) is 29.7. The van der Waals surface area contributed by atoms with Gasteiger partial charge in [0, 0.05) is 45.3 Å². The highest BCUT2D eigenvalue weighted by atomic mass is 15.1. The van der Waals surface area contributed by atoms with Crippen LogP contribution in [0.4, 0.5) is 34.1 Å². The minimum atomic E-state index is 0.344. The molecule has 0 aliphatic carbocycles. The predicted octanol–water partition coefficient (Wildman–Crippen LogP) is 15.0. The largest absolute Gasteiger partial charge is 0.311 e. The predicted molar refractivity (Wildman–Crippen MR) is 247 cm³/mol. The first kappa shape index (κ1) is 37.2. The van der Waals surface area contributed by atoms with E-state index in [9.17, 15) is 10.5 Å². The molecule has 282 valence electrons. The fourth-order valence-electron chi connectivity index (χ4n) is 8.09. The fraction of sp³-hybridized carbons (Fsp3) is 0. The van der Waals surface area contributed by atoms with E-state index in [-0.39, 0.29) is 0 Å². The van der Waals surface area contributed by atoms with E-state index in [1.807, 2.05) is 133 Å². The number of rotatable bonds is 10. The Morgan fingerprint density at radius 1 is 0.233 bits per heavy atom. The number of hydrogen-bond donors (Lipinski definition) is 0. The van der Waals surface area contributed by atoms with Crippen molar-refractivity contribution in [2.45, 2.75) is 0 Å². The molecule has 9 aromatic carbocycles. The lowest BCUT2D eigenvalue weighted by Crippen LogP contribution is -2.10. The zero-order chi connectivity index (χ0) is 40.7. The molecule has 9 rings (SSSR count). The van der Waals surface area contributed by atoms with Crippen molar-refractivity contribution in [3.8, 4) is 56.6 Å². The average molecular weight is 767 g/mol. The topological polar surface area (TPSA) is 54.1 Å². The average Bonchev–Trinajstić information content (AvgIpc) is 3.33. The molecule has 0 aromatic heterocycles. The molecule has 60 heavy (non-hydrogen) atoms. The number of anilines is 6. The van der Waals surface area contributed by atoms with E-state index in [4.69, 9.17) is 0 Å². The Balaban J connectivity index is 1.31. The summed E-state index contributed by atoms with van der Waals surface area (Å²) in [6.07, 6.45) is 0. The molecule has 4 heteroatoms. The van der Waals surface area contributed by atoms with Crippen molar-refractivity contribution in [2.24, 2.45) is 0 Å². The van der Waals surface area contributed by atoms with Gasteiger partial charge in [-0.15, -0.1) is 0 Å². The van der Waals surface area contributed by atoms with Crippen LogP contribution in [0.2, 0.25) is 0 Å². The van der Waals surface area contributed by atoms with E-state index >= 15 is 0 Å². The molecular formula is C56H38N4. The Morgan fingerprint density at radius 3 is 0.700 bits per heavy atom. The van der Waals surface area contributed by atoms with Crippen molar-refractivity contribution in [3.63, 3.8) is 0 Å². The molecule has 0 fully saturated rings. The first-order valence-corrected chi connectivity index (χ1v) is 19.9. The molecule has 0 heterocycles. The van der Waals surface area contributed by atoms with Crippen LogP contribution < -0.4 is 9.80 Å². The lowest BCUT2D eigenvalue weighted by atomic mass is 9.77. The van der Waals surface area contributed by atoms with E-state index in [1.54, 1.807) is 0 Å². The molecule has 9 aromatic rings. The van der Waals surface area contributed by atoms with E-state index in [2.05, 4.69) is 119 Å². The summed E-state index contributed by atoms with van der Waals surface area (Å²) in [5.41, 5.74) is 13.6. The van der Waals surface area contributed by atoms with Crippen molar-refractivity contribution in [1.82, 2.24) is 0 Å². The minimum Gasteiger partial charge on any atom is -0.311 e. The molecule has 0 aliphatic heterocycles. The van der Waals surface area contributed by atoms with Crippen LogP contribution in [0.25, 0.3) is 44.5 Å². The van der Waals surface area contributed by atoms with Crippen molar-refractivity contribution >= 4 is 34.1 Å². The molecule has 0 N–H and O–H groups in total. The van der Waals surface area contributed by atoms with Crippen LogP contribution in [-0.4, -0.2) is 0 Å². The van der Waals surface area contributed by atoms with E-state index < -0.39 is 0 Å². The molecule has 0 saturated heterocycles. The quantitative estimate of drug-likeness (QED) is 0.139. The highest BCUT2D eigenvalue weighted by molar-refractivity contribution is 6.06. The number of para-hydroxylation sites is 4. The summed E-state index contributed by atoms with van der Waals surface area (Å²) in [4.78, 5) is 4.48. The Hall–Kier alpha value is -8.44. The highest BCUT2D eigenvalue weighted by Gasteiger charge is 2.28. The Bertz CT molecular complexity index is 2650. The van der Waals surface area contributed by atoms with Gasteiger partial charge < -0.3 is 9.80 Å². The van der Waals surface area contributed by atoms with Gasteiger partial charge in [-0.25, -0.2) is 0 Å². The number of hydrogen-bond acceptors (Lipinski definition) is 4. The van der Waals surface area contributed by atoms with Gasteiger partial charge in [0.25, 0.3) is 0 Å². The summed E-state index contributed by atoms with van der Waals surface area (Å²) in [5, 5.41) is 22.1. The molecule has 0 saturated carbocycles. The third-order valence-corrected chi connectivity index (χ3v) is 10.7. The van der Waals surface area contributed by atoms with Gasteiger partial charge in [-0.2, -0.15) is 10.5 Å². The Morgan fingerprint density at radius 2 is 0.450 bits per heavy atom. The van der Waals surface area contributed by atoms with Crippen molar-refractivity contribution in [2.75, 3.05) is 9.80 Å². The third-order valence-electron chi connectivity index (χ3n) is 10.7. The van der Waals surface area contributed by atoms with Crippen molar-refractivity contribution in [3.05, 3.63) is 242 Å². The van der Waals surface area contributed by atoms with E-state index in [0.29, 0.717) is 11.1 Å². The highest BCUT2D eigenvalue weighted by Crippen LogP contribution is 2.50. The molecule has 0 atom stereocenters. The second-order valence-electron chi connectivity index (χ2n) is 14.3. The van der Waals surface area contributed by atoms with Gasteiger partial charge in [0.1, 0.15) is 12.1 Å². The van der Waals surface area contributed by atoms with Crippen LogP contribution in [0.1, 0.15) is 11.1 Å². The van der Waals surface area contributed by atoms with Gasteiger partial charge in [-0.1, -0.05) is 158 Å². The molecule has 4 nitrogen and oxygen atoms in total. The van der Waals surface area contributed by atoms with Crippen LogP contribution in [-0.2, 0) is 0 Å². The van der Waals surface area contributed by atoms with Gasteiger partial charge in [-0.3, -0.25) is 0 Å². The van der Waals surface area contributed by atoms with Crippen LogP contribution in [0.15, 0.2) is 231 Å². The van der Waals surface area contributed by atoms with Crippen LogP contribution in [0.3, 0.4) is 0 Å². The first-order valence-electron chi connectivity index (χ1n) is 19.9. The van der Waals surface area contributed by atoms with Gasteiger partial charge >= 0.3 is 0 Å². The number of nitrogens with zero attached hydrogens (tertiary/aromatic N) is 4. The zero-order valence-corrected chi connectivity index (χ0v) is 32.7. The lowest BCUT2D eigenvalue weighted by molar-refractivity contribution is 1.28. The van der Waals surface area contributed by atoms with E-state index in [1.165, 1.54) is 0 Å². The lowest BCUT2D eigenvalue weighted by Gasteiger charge is -2.27. The molecule has 0 amide bonds. The van der Waals surface area contributed by atoms with Gasteiger partial charge in [0.15, 0.2) is 0 Å².